The molecule has 2 aliphatic rings. The van der Waals surface area contributed by atoms with Crippen LogP contribution < -0.4 is 10.6 Å². The lowest BCUT2D eigenvalue weighted by molar-refractivity contribution is -0.117. The van der Waals surface area contributed by atoms with Crippen LogP contribution in [0.5, 0.6) is 0 Å². The maximum absolute atomic E-state index is 12.3. The van der Waals surface area contributed by atoms with Crippen LogP contribution in [0.1, 0.15) is 31.2 Å². The Morgan fingerprint density at radius 2 is 2.19 bits per heavy atom. The highest BCUT2D eigenvalue weighted by Gasteiger charge is 2.33. The molecule has 3 rings (SSSR count). The zero-order chi connectivity index (χ0) is 14.7. The molecule has 0 aromatic heterocycles. The molecule has 0 saturated carbocycles. The van der Waals surface area contributed by atoms with E-state index in [2.05, 4.69) is 15.5 Å². The van der Waals surface area contributed by atoms with E-state index in [0.717, 1.165) is 24.3 Å². The molecule has 0 bridgehead atoms. The summed E-state index contributed by atoms with van der Waals surface area (Å²) in [6.45, 7) is 4.71. The van der Waals surface area contributed by atoms with Gasteiger partial charge in [0.05, 0.1) is 6.54 Å². The highest BCUT2D eigenvalue weighted by atomic mass is 16.2. The molecule has 2 aliphatic heterocycles. The van der Waals surface area contributed by atoms with Crippen molar-refractivity contribution in [1.29, 1.82) is 0 Å². The average Bonchev–Trinajstić information content (AvgIpc) is 3.11. The van der Waals surface area contributed by atoms with Crippen molar-refractivity contribution in [2.24, 2.45) is 0 Å². The Morgan fingerprint density at radius 3 is 2.95 bits per heavy atom. The van der Waals surface area contributed by atoms with Crippen molar-refractivity contribution in [1.82, 2.24) is 10.2 Å². The molecule has 114 valence electrons. The molecule has 0 radical (unpaired) electrons. The smallest absolute Gasteiger partial charge is 0.238 e. The number of hydrogen-bond donors (Lipinski definition) is 2. The van der Waals surface area contributed by atoms with Gasteiger partial charge in [0, 0.05) is 17.8 Å². The third-order valence-electron chi connectivity index (χ3n) is 4.74. The van der Waals surface area contributed by atoms with Gasteiger partial charge in [-0.25, -0.2) is 0 Å². The van der Waals surface area contributed by atoms with Gasteiger partial charge >= 0.3 is 0 Å². The predicted octanol–water partition coefficient (Wildman–Crippen LogP) is 2.15. The molecule has 1 amide bonds. The second-order valence-electron chi connectivity index (χ2n) is 6.25. The maximum Gasteiger partial charge on any atom is 0.238 e. The van der Waals surface area contributed by atoms with Gasteiger partial charge in [-0.2, -0.15) is 0 Å². The van der Waals surface area contributed by atoms with Crippen molar-refractivity contribution in [2.75, 3.05) is 25.0 Å². The zero-order valence-electron chi connectivity index (χ0n) is 12.8. The van der Waals surface area contributed by atoms with E-state index in [4.69, 9.17) is 0 Å². The number of benzene rings is 1. The Morgan fingerprint density at radius 1 is 1.33 bits per heavy atom. The molecule has 2 unspecified atom stereocenters. The lowest BCUT2D eigenvalue weighted by atomic mass is 10.0. The second kappa shape index (κ2) is 6.58. The topological polar surface area (TPSA) is 44.4 Å². The molecular formula is C17H25N3O. The SMILES string of the molecule is Cc1ccccc1NC(=O)CN1CCCC1C1CCCN1. The van der Waals surface area contributed by atoms with E-state index in [1.807, 2.05) is 31.2 Å². The number of likely N-dealkylation sites (tertiary alicyclic amines) is 1. The van der Waals surface area contributed by atoms with Gasteiger partial charge in [0.25, 0.3) is 0 Å². The number of nitrogens with one attached hydrogen (secondary N) is 2. The van der Waals surface area contributed by atoms with Gasteiger partial charge in [0.15, 0.2) is 0 Å². The summed E-state index contributed by atoms with van der Waals surface area (Å²) in [4.78, 5) is 14.7. The molecule has 2 heterocycles. The van der Waals surface area contributed by atoms with Crippen molar-refractivity contribution < 1.29 is 4.79 Å². The van der Waals surface area contributed by atoms with E-state index in [0.29, 0.717) is 18.6 Å². The zero-order valence-corrected chi connectivity index (χ0v) is 12.8. The average molecular weight is 287 g/mol. The molecule has 4 heteroatoms. The number of hydrogen-bond acceptors (Lipinski definition) is 3. The van der Waals surface area contributed by atoms with Crippen LogP contribution >= 0.6 is 0 Å². The Labute approximate surface area is 126 Å². The number of aryl methyl sites for hydroxylation is 1. The largest absolute Gasteiger partial charge is 0.325 e. The summed E-state index contributed by atoms with van der Waals surface area (Å²) in [7, 11) is 0. The lowest BCUT2D eigenvalue weighted by Crippen LogP contribution is -2.46. The maximum atomic E-state index is 12.3. The highest BCUT2D eigenvalue weighted by molar-refractivity contribution is 5.93. The molecule has 2 N–H and O–H groups in total. The summed E-state index contributed by atoms with van der Waals surface area (Å²) < 4.78 is 0. The van der Waals surface area contributed by atoms with Crippen LogP contribution in [0.15, 0.2) is 24.3 Å². The fourth-order valence-electron chi connectivity index (χ4n) is 3.63. The number of carbonyl (C=O) groups is 1. The predicted molar refractivity (Wildman–Crippen MR) is 85.4 cm³/mol. The molecule has 1 aromatic carbocycles. The summed E-state index contributed by atoms with van der Waals surface area (Å²) in [5.41, 5.74) is 2.04. The molecule has 0 spiro atoms. The first-order valence-electron chi connectivity index (χ1n) is 8.07. The molecule has 2 atom stereocenters. The minimum Gasteiger partial charge on any atom is -0.325 e. The molecular weight excluding hydrogens is 262 g/mol. The first-order valence-corrected chi connectivity index (χ1v) is 8.07. The summed E-state index contributed by atoms with van der Waals surface area (Å²) in [5, 5.41) is 6.63. The molecule has 4 nitrogen and oxygen atoms in total. The van der Waals surface area contributed by atoms with Gasteiger partial charge in [-0.05, 0) is 57.3 Å². The normalized spacial score (nSPS) is 26.1. The van der Waals surface area contributed by atoms with Crippen LogP contribution in [0.4, 0.5) is 5.69 Å². The second-order valence-corrected chi connectivity index (χ2v) is 6.25. The van der Waals surface area contributed by atoms with Crippen molar-refractivity contribution >= 4 is 11.6 Å². The third-order valence-corrected chi connectivity index (χ3v) is 4.74. The molecule has 2 saturated heterocycles. The number of anilines is 1. The van der Waals surface area contributed by atoms with Crippen LogP contribution in [0.25, 0.3) is 0 Å². The lowest BCUT2D eigenvalue weighted by Gasteiger charge is -2.29. The quantitative estimate of drug-likeness (QED) is 0.892. The van der Waals surface area contributed by atoms with Gasteiger partial charge in [0.1, 0.15) is 0 Å². The van der Waals surface area contributed by atoms with Gasteiger partial charge in [-0.1, -0.05) is 18.2 Å². The van der Waals surface area contributed by atoms with Crippen molar-refractivity contribution in [2.45, 2.75) is 44.7 Å². The number of rotatable bonds is 4. The van der Waals surface area contributed by atoms with Gasteiger partial charge in [-0.3, -0.25) is 9.69 Å². The number of nitrogens with zero attached hydrogens (tertiary/aromatic N) is 1. The van der Waals surface area contributed by atoms with Crippen LogP contribution in [-0.2, 0) is 4.79 Å². The molecule has 2 fully saturated rings. The Kier molecular flexibility index (Phi) is 4.56. The fraction of sp³-hybridized carbons (Fsp3) is 0.588. The van der Waals surface area contributed by atoms with E-state index in [1.54, 1.807) is 0 Å². The Balaban J connectivity index is 1.57. The fourth-order valence-corrected chi connectivity index (χ4v) is 3.63. The molecule has 0 aliphatic carbocycles. The Hall–Kier alpha value is -1.39. The monoisotopic (exact) mass is 287 g/mol. The first kappa shape index (κ1) is 14.5. The van der Waals surface area contributed by atoms with Gasteiger partial charge < -0.3 is 10.6 Å². The van der Waals surface area contributed by atoms with Crippen LogP contribution in [0.3, 0.4) is 0 Å². The molecule has 1 aromatic rings. The minimum absolute atomic E-state index is 0.106. The van der Waals surface area contributed by atoms with Crippen LogP contribution in [-0.4, -0.2) is 42.5 Å². The summed E-state index contributed by atoms with van der Waals surface area (Å²) in [6.07, 6.45) is 4.95. The van der Waals surface area contributed by atoms with E-state index >= 15 is 0 Å². The summed E-state index contributed by atoms with van der Waals surface area (Å²) >= 11 is 0. The van der Waals surface area contributed by atoms with Crippen molar-refractivity contribution in [3.8, 4) is 0 Å². The van der Waals surface area contributed by atoms with Crippen LogP contribution in [0, 0.1) is 6.92 Å². The Bertz CT molecular complexity index is 497. The van der Waals surface area contributed by atoms with Crippen molar-refractivity contribution in [3.63, 3.8) is 0 Å². The highest BCUT2D eigenvalue weighted by Crippen LogP contribution is 2.24. The number of para-hydroxylation sites is 1. The minimum atomic E-state index is 0.106. The molecule has 21 heavy (non-hydrogen) atoms. The van der Waals surface area contributed by atoms with E-state index in [9.17, 15) is 4.79 Å². The third kappa shape index (κ3) is 3.44. The van der Waals surface area contributed by atoms with Crippen LogP contribution in [0.2, 0.25) is 0 Å². The van der Waals surface area contributed by atoms with E-state index in [-0.39, 0.29) is 5.91 Å². The van der Waals surface area contributed by atoms with E-state index in [1.165, 1.54) is 25.7 Å². The number of amides is 1. The van der Waals surface area contributed by atoms with Gasteiger partial charge in [-0.15, -0.1) is 0 Å². The van der Waals surface area contributed by atoms with Crippen molar-refractivity contribution in [3.05, 3.63) is 29.8 Å². The summed E-state index contributed by atoms with van der Waals surface area (Å²) in [5.74, 6) is 0.106. The summed E-state index contributed by atoms with van der Waals surface area (Å²) in [6, 6.07) is 9.06. The number of carbonyl (C=O) groups excluding carboxylic acids is 1. The van der Waals surface area contributed by atoms with Gasteiger partial charge in [0.2, 0.25) is 5.91 Å². The standard InChI is InChI=1S/C17H25N3O/c1-13-6-2-3-7-14(13)19-17(21)12-20-11-5-9-16(20)15-8-4-10-18-15/h2-3,6-7,15-16,18H,4-5,8-12H2,1H3,(H,19,21). The first-order chi connectivity index (χ1) is 10.2. The van der Waals surface area contributed by atoms with E-state index < -0.39 is 0 Å².